The molecule has 0 aromatic heterocycles. The van der Waals surface area contributed by atoms with Crippen molar-refractivity contribution in [3.05, 3.63) is 48.6 Å². The number of hydrogen-bond donors (Lipinski definition) is 2. The standard InChI is InChI=1S/C30H52NO9P/c1-6-7-17-20-28(33)21-18-15-13-11-9-8-10-12-14-16-19-22-30(34)37-25-29(40-27(2)32)26-39-41(35,36)38-24-23-31(3,4)5/h8-9,12-15,18,21,28-29,33H,6-7,10-11,16-17,19-20,22-26H2,1-5H3/p+1/b9-8-,14-12-,15-13-,21-18+/t28-,29-/m1/s1. The van der Waals surface area contributed by atoms with Crippen LogP contribution in [-0.2, 0) is 32.7 Å². The number of ether oxygens (including phenoxy) is 2. The Balaban J connectivity index is 4.14. The van der Waals surface area contributed by atoms with Gasteiger partial charge >= 0.3 is 19.8 Å². The molecule has 0 amide bonds. The second kappa shape index (κ2) is 23.5. The van der Waals surface area contributed by atoms with Crippen LogP contribution < -0.4 is 0 Å². The molecule has 11 heteroatoms. The summed E-state index contributed by atoms with van der Waals surface area (Å²) in [7, 11) is 1.40. The molecule has 3 atom stereocenters. The van der Waals surface area contributed by atoms with E-state index in [1.165, 1.54) is 6.92 Å². The van der Waals surface area contributed by atoms with E-state index < -0.39 is 32.5 Å². The molecule has 0 bridgehead atoms. The van der Waals surface area contributed by atoms with Crippen LogP contribution in [0.5, 0.6) is 0 Å². The van der Waals surface area contributed by atoms with Crippen molar-refractivity contribution in [3.63, 3.8) is 0 Å². The number of carbonyl (C=O) groups is 2. The third-order valence-electron chi connectivity index (χ3n) is 5.52. The van der Waals surface area contributed by atoms with Gasteiger partial charge in [0.2, 0.25) is 0 Å². The van der Waals surface area contributed by atoms with Crippen LogP contribution in [0.25, 0.3) is 0 Å². The Kier molecular flexibility index (Phi) is 22.3. The molecular weight excluding hydrogens is 549 g/mol. The number of likely N-dealkylation sites (N-methyl/N-ethyl adjacent to an activating group) is 1. The lowest BCUT2D eigenvalue weighted by atomic mass is 10.1. The highest BCUT2D eigenvalue weighted by Crippen LogP contribution is 2.43. The third kappa shape index (κ3) is 27.9. The van der Waals surface area contributed by atoms with Gasteiger partial charge in [0.1, 0.15) is 19.8 Å². The first-order valence-corrected chi connectivity index (χ1v) is 15.9. The molecule has 0 aliphatic rings. The van der Waals surface area contributed by atoms with Gasteiger partial charge in [-0.05, 0) is 32.1 Å². The van der Waals surface area contributed by atoms with Crippen LogP contribution in [-0.4, -0.2) is 86.1 Å². The average molecular weight is 603 g/mol. The molecule has 0 rings (SSSR count). The first kappa shape index (κ1) is 38.9. The summed E-state index contributed by atoms with van der Waals surface area (Å²) in [4.78, 5) is 33.2. The van der Waals surface area contributed by atoms with Crippen molar-refractivity contribution < 1.29 is 47.2 Å². The highest BCUT2D eigenvalue weighted by Gasteiger charge is 2.26. The predicted octanol–water partition coefficient (Wildman–Crippen LogP) is 5.42. The lowest BCUT2D eigenvalue weighted by Gasteiger charge is -2.24. The monoisotopic (exact) mass is 602 g/mol. The zero-order valence-corrected chi connectivity index (χ0v) is 26.5. The molecule has 0 radical (unpaired) electrons. The van der Waals surface area contributed by atoms with Crippen LogP contribution in [0.3, 0.4) is 0 Å². The minimum atomic E-state index is -4.34. The van der Waals surface area contributed by atoms with E-state index in [9.17, 15) is 24.2 Å². The molecule has 0 aromatic carbocycles. The molecule has 0 saturated carbocycles. The van der Waals surface area contributed by atoms with E-state index in [1.807, 2.05) is 57.6 Å². The maximum Gasteiger partial charge on any atom is 0.472 e. The maximum atomic E-state index is 12.1. The number of aliphatic hydroxyl groups excluding tert-OH is 1. The Labute approximate surface area is 246 Å². The quantitative estimate of drug-likeness (QED) is 0.0372. The van der Waals surface area contributed by atoms with Crippen LogP contribution in [0.15, 0.2) is 48.6 Å². The van der Waals surface area contributed by atoms with Crippen molar-refractivity contribution >= 4 is 19.8 Å². The third-order valence-corrected chi connectivity index (χ3v) is 6.50. The number of carbonyl (C=O) groups excluding carboxylic acids is 2. The molecule has 0 aliphatic carbocycles. The van der Waals surface area contributed by atoms with Gasteiger partial charge in [-0.3, -0.25) is 18.6 Å². The summed E-state index contributed by atoms with van der Waals surface area (Å²) in [6.07, 6.45) is 21.7. The Bertz CT molecular complexity index is 878. The summed E-state index contributed by atoms with van der Waals surface area (Å²) in [5.74, 6) is -1.09. The lowest BCUT2D eigenvalue weighted by molar-refractivity contribution is -0.870. The van der Waals surface area contributed by atoms with Crippen molar-refractivity contribution in [2.45, 2.75) is 83.8 Å². The Morgan fingerprint density at radius 3 is 2.27 bits per heavy atom. The highest BCUT2D eigenvalue weighted by molar-refractivity contribution is 7.47. The van der Waals surface area contributed by atoms with Gasteiger partial charge in [0.05, 0.1) is 33.9 Å². The van der Waals surface area contributed by atoms with Gasteiger partial charge in [-0.1, -0.05) is 74.8 Å². The molecule has 0 saturated heterocycles. The number of allylic oxidation sites excluding steroid dienone is 7. The van der Waals surface area contributed by atoms with E-state index in [1.54, 1.807) is 0 Å². The number of hydrogen-bond acceptors (Lipinski definition) is 8. The fourth-order valence-electron chi connectivity index (χ4n) is 3.23. The molecule has 0 aromatic rings. The molecule has 0 heterocycles. The van der Waals surface area contributed by atoms with Crippen molar-refractivity contribution in [3.8, 4) is 0 Å². The summed E-state index contributed by atoms with van der Waals surface area (Å²) in [5.41, 5.74) is 0. The summed E-state index contributed by atoms with van der Waals surface area (Å²) < 4.78 is 32.6. The number of aliphatic hydroxyl groups is 1. The number of rotatable bonds is 24. The molecule has 2 N–H and O–H groups in total. The SMILES string of the molecule is CCCCC[C@@H](O)/C=C/C=C\C/C=C\C/C=C\CCCC(=O)OC[C@H](COP(=O)(O)OCC[N+](C)(C)C)OC(C)=O. The largest absolute Gasteiger partial charge is 0.472 e. The second-order valence-corrected chi connectivity index (χ2v) is 12.2. The number of quaternary nitrogens is 1. The van der Waals surface area contributed by atoms with Crippen molar-refractivity contribution in [1.29, 1.82) is 0 Å². The fraction of sp³-hybridized carbons (Fsp3) is 0.667. The van der Waals surface area contributed by atoms with E-state index in [2.05, 4.69) is 19.1 Å². The Hall–Kier alpha value is -2.07. The van der Waals surface area contributed by atoms with E-state index in [0.717, 1.165) is 38.5 Å². The van der Waals surface area contributed by atoms with E-state index in [4.69, 9.17) is 18.5 Å². The van der Waals surface area contributed by atoms with Gasteiger partial charge in [0.25, 0.3) is 0 Å². The number of phosphoric ester groups is 1. The van der Waals surface area contributed by atoms with Crippen LogP contribution >= 0.6 is 7.82 Å². The van der Waals surface area contributed by atoms with Gasteiger partial charge in [-0.25, -0.2) is 4.57 Å². The number of nitrogens with zero attached hydrogens (tertiary/aromatic N) is 1. The van der Waals surface area contributed by atoms with E-state index in [-0.39, 0.29) is 25.7 Å². The second-order valence-electron chi connectivity index (χ2n) is 10.7. The topological polar surface area (TPSA) is 129 Å². The van der Waals surface area contributed by atoms with Crippen LogP contribution in [0.1, 0.15) is 71.6 Å². The van der Waals surface area contributed by atoms with Gasteiger partial charge in [-0.15, -0.1) is 0 Å². The number of unbranched alkanes of at least 4 members (excludes halogenated alkanes) is 3. The maximum absolute atomic E-state index is 12.1. The molecule has 0 fully saturated rings. The van der Waals surface area contributed by atoms with Crippen molar-refractivity contribution in [2.24, 2.45) is 0 Å². The van der Waals surface area contributed by atoms with Crippen LogP contribution in [0.2, 0.25) is 0 Å². The molecule has 0 spiro atoms. The first-order valence-electron chi connectivity index (χ1n) is 14.4. The molecule has 1 unspecified atom stereocenters. The molecule has 10 nitrogen and oxygen atoms in total. The summed E-state index contributed by atoms with van der Waals surface area (Å²) >= 11 is 0. The zero-order valence-electron chi connectivity index (χ0n) is 25.6. The minimum Gasteiger partial charge on any atom is -0.462 e. The van der Waals surface area contributed by atoms with Crippen LogP contribution in [0, 0.1) is 0 Å². The van der Waals surface area contributed by atoms with Crippen LogP contribution in [0.4, 0.5) is 0 Å². The van der Waals surface area contributed by atoms with E-state index >= 15 is 0 Å². The van der Waals surface area contributed by atoms with Crippen molar-refractivity contribution in [1.82, 2.24) is 0 Å². The Morgan fingerprint density at radius 2 is 1.61 bits per heavy atom. The molecular formula is C30H53NO9P+. The zero-order chi connectivity index (χ0) is 31.0. The first-order chi connectivity index (χ1) is 19.3. The van der Waals surface area contributed by atoms with Gasteiger partial charge < -0.3 is 24.0 Å². The Morgan fingerprint density at radius 1 is 0.927 bits per heavy atom. The van der Waals surface area contributed by atoms with E-state index in [0.29, 0.717) is 23.9 Å². The fourth-order valence-corrected chi connectivity index (χ4v) is 3.97. The molecule has 41 heavy (non-hydrogen) atoms. The predicted molar refractivity (Wildman–Crippen MR) is 161 cm³/mol. The number of esters is 2. The highest BCUT2D eigenvalue weighted by atomic mass is 31.2. The van der Waals surface area contributed by atoms with Gasteiger partial charge in [-0.2, -0.15) is 0 Å². The average Bonchev–Trinajstić information content (AvgIpc) is 2.87. The molecule has 0 aliphatic heterocycles. The molecule has 236 valence electrons. The van der Waals surface area contributed by atoms with Gasteiger partial charge in [0.15, 0.2) is 6.10 Å². The van der Waals surface area contributed by atoms with Gasteiger partial charge in [0, 0.05) is 13.3 Å². The lowest BCUT2D eigenvalue weighted by Crippen LogP contribution is -2.37. The summed E-state index contributed by atoms with van der Waals surface area (Å²) in [6, 6.07) is 0. The minimum absolute atomic E-state index is 0.0101. The number of phosphoric acid groups is 1. The normalized spacial score (nSPS) is 15.6. The van der Waals surface area contributed by atoms with Crippen molar-refractivity contribution in [2.75, 3.05) is 47.5 Å². The smallest absolute Gasteiger partial charge is 0.462 e. The summed E-state index contributed by atoms with van der Waals surface area (Å²) in [6.45, 7) is 3.10. The summed E-state index contributed by atoms with van der Waals surface area (Å²) in [5, 5.41) is 9.82.